The Morgan fingerprint density at radius 3 is 2.65 bits per heavy atom. The first-order valence-corrected chi connectivity index (χ1v) is 9.09. The van der Waals surface area contributed by atoms with Crippen LogP contribution in [-0.4, -0.2) is 32.3 Å². The van der Waals surface area contributed by atoms with Crippen LogP contribution in [0.1, 0.15) is 52.6 Å². The van der Waals surface area contributed by atoms with E-state index in [0.29, 0.717) is 5.56 Å². The third-order valence-corrected chi connectivity index (χ3v) is 5.16. The van der Waals surface area contributed by atoms with E-state index in [1.165, 1.54) is 0 Å². The number of carbonyl (C=O) groups is 1. The number of benzene rings is 1. The number of nitrogens with zero attached hydrogens (tertiary/aromatic N) is 4. The molecule has 5 heteroatoms. The first-order chi connectivity index (χ1) is 12.6. The van der Waals surface area contributed by atoms with E-state index in [9.17, 15) is 4.79 Å². The van der Waals surface area contributed by atoms with Gasteiger partial charge in [-0.1, -0.05) is 6.07 Å². The van der Waals surface area contributed by atoms with Gasteiger partial charge in [-0.2, -0.15) is 0 Å². The third kappa shape index (κ3) is 3.05. The van der Waals surface area contributed by atoms with Gasteiger partial charge in [0.2, 0.25) is 0 Å². The number of likely N-dealkylation sites (tertiary alicyclic amines) is 1. The second-order valence-electron chi connectivity index (χ2n) is 6.89. The Bertz CT molecular complexity index is 955. The number of hydrogen-bond acceptors (Lipinski definition) is 4. The molecule has 0 spiro atoms. The fraction of sp³-hybridized carbons (Fsp3) is 0.333. The van der Waals surface area contributed by atoms with Crippen LogP contribution in [0.4, 0.5) is 0 Å². The van der Waals surface area contributed by atoms with Crippen molar-refractivity contribution in [3.63, 3.8) is 0 Å². The van der Waals surface area contributed by atoms with Gasteiger partial charge in [0.15, 0.2) is 0 Å². The van der Waals surface area contributed by atoms with Crippen LogP contribution in [0.2, 0.25) is 0 Å². The number of aryl methyl sites for hydroxylation is 2. The van der Waals surface area contributed by atoms with E-state index in [1.807, 2.05) is 49.2 Å². The number of fused-ring (bicyclic) bond motifs is 1. The molecule has 1 atom stereocenters. The fourth-order valence-electron chi connectivity index (χ4n) is 3.62. The van der Waals surface area contributed by atoms with Gasteiger partial charge in [-0.25, -0.2) is 9.97 Å². The molecule has 1 aromatic carbocycles. The molecular weight excluding hydrogens is 324 g/mol. The van der Waals surface area contributed by atoms with Crippen molar-refractivity contribution in [2.24, 2.45) is 0 Å². The summed E-state index contributed by atoms with van der Waals surface area (Å²) in [6, 6.07) is 9.71. The molecule has 1 fully saturated rings. The van der Waals surface area contributed by atoms with E-state index in [4.69, 9.17) is 0 Å². The number of pyridine rings is 1. The Hall–Kier alpha value is -2.82. The average Bonchev–Trinajstić information content (AvgIpc) is 2.69. The van der Waals surface area contributed by atoms with Crippen LogP contribution >= 0.6 is 0 Å². The van der Waals surface area contributed by atoms with Crippen molar-refractivity contribution in [3.8, 4) is 0 Å². The third-order valence-electron chi connectivity index (χ3n) is 5.16. The van der Waals surface area contributed by atoms with Crippen LogP contribution in [0, 0.1) is 13.8 Å². The zero-order valence-electron chi connectivity index (χ0n) is 15.1. The molecule has 2 aromatic heterocycles. The van der Waals surface area contributed by atoms with Crippen molar-refractivity contribution in [2.75, 3.05) is 6.54 Å². The molecule has 0 aliphatic carbocycles. The van der Waals surface area contributed by atoms with Crippen molar-refractivity contribution in [2.45, 2.75) is 39.2 Å². The summed E-state index contributed by atoms with van der Waals surface area (Å²) in [4.78, 5) is 28.6. The molecule has 5 nitrogen and oxygen atoms in total. The number of aromatic nitrogens is 3. The second-order valence-corrected chi connectivity index (χ2v) is 6.89. The van der Waals surface area contributed by atoms with E-state index in [2.05, 4.69) is 21.0 Å². The first kappa shape index (κ1) is 16.6. The van der Waals surface area contributed by atoms with Crippen molar-refractivity contribution in [1.82, 2.24) is 19.9 Å². The molecule has 26 heavy (non-hydrogen) atoms. The maximum atomic E-state index is 13.2. The highest BCUT2D eigenvalue weighted by Gasteiger charge is 2.29. The molecule has 0 radical (unpaired) electrons. The van der Waals surface area contributed by atoms with Gasteiger partial charge < -0.3 is 4.90 Å². The smallest absolute Gasteiger partial charge is 0.254 e. The molecule has 3 heterocycles. The SMILES string of the molecule is Cc1nc2ccc(C(=O)N3CCCC[C@@H]3c3cccnc3)cc2nc1C. The minimum Gasteiger partial charge on any atom is -0.332 e. The van der Waals surface area contributed by atoms with Gasteiger partial charge in [-0.3, -0.25) is 9.78 Å². The Labute approximate surface area is 153 Å². The summed E-state index contributed by atoms with van der Waals surface area (Å²) in [5, 5.41) is 0. The summed E-state index contributed by atoms with van der Waals surface area (Å²) in [5.74, 6) is 0.0560. The number of rotatable bonds is 2. The van der Waals surface area contributed by atoms with E-state index < -0.39 is 0 Å². The molecule has 0 bridgehead atoms. The summed E-state index contributed by atoms with van der Waals surface area (Å²) in [5.41, 5.74) is 5.19. The van der Waals surface area contributed by atoms with E-state index in [-0.39, 0.29) is 11.9 Å². The van der Waals surface area contributed by atoms with Crippen molar-refractivity contribution in [1.29, 1.82) is 0 Å². The minimum atomic E-state index is 0.0560. The monoisotopic (exact) mass is 346 g/mol. The quantitative estimate of drug-likeness (QED) is 0.703. The maximum absolute atomic E-state index is 13.2. The molecule has 132 valence electrons. The van der Waals surface area contributed by atoms with Crippen LogP contribution in [-0.2, 0) is 0 Å². The number of amides is 1. The Morgan fingerprint density at radius 2 is 1.88 bits per heavy atom. The van der Waals surface area contributed by atoms with E-state index in [1.54, 1.807) is 6.20 Å². The zero-order chi connectivity index (χ0) is 18.1. The highest BCUT2D eigenvalue weighted by Crippen LogP contribution is 2.32. The lowest BCUT2D eigenvalue weighted by molar-refractivity contribution is 0.0611. The topological polar surface area (TPSA) is 59.0 Å². The summed E-state index contributed by atoms with van der Waals surface area (Å²) in [6.07, 6.45) is 6.78. The van der Waals surface area contributed by atoms with E-state index >= 15 is 0 Å². The molecule has 0 N–H and O–H groups in total. The average molecular weight is 346 g/mol. The van der Waals surface area contributed by atoms with Crippen LogP contribution in [0.3, 0.4) is 0 Å². The van der Waals surface area contributed by atoms with Crippen LogP contribution < -0.4 is 0 Å². The molecule has 1 aliphatic heterocycles. The maximum Gasteiger partial charge on any atom is 0.254 e. The normalized spacial score (nSPS) is 17.5. The van der Waals surface area contributed by atoms with Gasteiger partial charge in [0.1, 0.15) is 0 Å². The molecule has 1 aliphatic rings. The molecule has 0 saturated carbocycles. The summed E-state index contributed by atoms with van der Waals surface area (Å²) >= 11 is 0. The standard InChI is InChI=1S/C21H22N4O/c1-14-15(2)24-19-12-16(8-9-18(19)23-14)21(26)25-11-4-3-7-20(25)17-6-5-10-22-13-17/h5-6,8-10,12-13,20H,3-4,7,11H2,1-2H3/t20-/m1/s1. The zero-order valence-corrected chi connectivity index (χ0v) is 15.1. The lowest BCUT2D eigenvalue weighted by atomic mass is 9.95. The van der Waals surface area contributed by atoms with Gasteiger partial charge in [0.25, 0.3) is 5.91 Å². The summed E-state index contributed by atoms with van der Waals surface area (Å²) < 4.78 is 0. The van der Waals surface area contributed by atoms with Crippen LogP contribution in [0.5, 0.6) is 0 Å². The summed E-state index contributed by atoms with van der Waals surface area (Å²) in [6.45, 7) is 4.67. The second kappa shape index (κ2) is 6.83. The van der Waals surface area contributed by atoms with Gasteiger partial charge in [-0.05, 0) is 62.9 Å². The van der Waals surface area contributed by atoms with Crippen molar-refractivity contribution in [3.05, 3.63) is 65.2 Å². The van der Waals surface area contributed by atoms with Crippen molar-refractivity contribution < 1.29 is 4.79 Å². The first-order valence-electron chi connectivity index (χ1n) is 9.09. The largest absolute Gasteiger partial charge is 0.332 e. The van der Waals surface area contributed by atoms with E-state index in [0.717, 1.165) is 53.8 Å². The Morgan fingerprint density at radius 1 is 1.08 bits per heavy atom. The fourth-order valence-corrected chi connectivity index (χ4v) is 3.62. The van der Waals surface area contributed by atoms with Gasteiger partial charge in [-0.15, -0.1) is 0 Å². The lowest BCUT2D eigenvalue weighted by Gasteiger charge is -2.36. The number of carbonyl (C=O) groups excluding carboxylic acids is 1. The summed E-state index contributed by atoms with van der Waals surface area (Å²) in [7, 11) is 0. The molecule has 1 amide bonds. The molecule has 4 rings (SSSR count). The Kier molecular flexibility index (Phi) is 4.37. The van der Waals surface area contributed by atoms with Gasteiger partial charge in [0, 0.05) is 24.5 Å². The van der Waals surface area contributed by atoms with Gasteiger partial charge >= 0.3 is 0 Å². The van der Waals surface area contributed by atoms with Crippen molar-refractivity contribution >= 4 is 16.9 Å². The van der Waals surface area contributed by atoms with Crippen LogP contribution in [0.15, 0.2) is 42.7 Å². The molecule has 3 aromatic rings. The molecule has 0 unspecified atom stereocenters. The molecular formula is C21H22N4O. The van der Waals surface area contributed by atoms with Crippen LogP contribution in [0.25, 0.3) is 11.0 Å². The lowest BCUT2D eigenvalue weighted by Crippen LogP contribution is -2.38. The highest BCUT2D eigenvalue weighted by atomic mass is 16.2. The number of piperidine rings is 1. The predicted octanol–water partition coefficient (Wildman–Crippen LogP) is 4.01. The number of hydrogen-bond donors (Lipinski definition) is 0. The minimum absolute atomic E-state index is 0.0560. The highest BCUT2D eigenvalue weighted by molar-refractivity contribution is 5.97. The predicted molar refractivity (Wildman–Crippen MR) is 101 cm³/mol. The molecule has 1 saturated heterocycles. The van der Waals surface area contributed by atoms with Gasteiger partial charge in [0.05, 0.1) is 28.5 Å². The Balaban J connectivity index is 1.69.